The summed E-state index contributed by atoms with van der Waals surface area (Å²) in [6.07, 6.45) is 5.11. The molecule has 0 aromatic heterocycles. The van der Waals surface area contributed by atoms with Gasteiger partial charge in [-0.1, -0.05) is 25.5 Å². The first-order valence-electron chi connectivity index (χ1n) is 7.02. The SMILES string of the molecule is CCN1CCCC[C@H]1CCOc1ccccc1N. The van der Waals surface area contributed by atoms with Gasteiger partial charge >= 0.3 is 0 Å². The van der Waals surface area contributed by atoms with Crippen LogP contribution < -0.4 is 10.5 Å². The van der Waals surface area contributed by atoms with Crippen molar-refractivity contribution in [3.05, 3.63) is 24.3 Å². The standard InChI is InChI=1S/C15H24N2O/c1-2-17-11-6-5-7-13(17)10-12-18-15-9-4-3-8-14(15)16/h3-4,8-9,13H,2,5-7,10-12,16H2,1H3/t13-/m0/s1. The lowest BCUT2D eigenvalue weighted by molar-refractivity contribution is 0.130. The Hall–Kier alpha value is -1.22. The average Bonchev–Trinajstić information content (AvgIpc) is 2.41. The van der Waals surface area contributed by atoms with Crippen LogP contribution in [0.5, 0.6) is 5.75 Å². The van der Waals surface area contributed by atoms with E-state index in [1.54, 1.807) is 0 Å². The van der Waals surface area contributed by atoms with Crippen LogP contribution in [0.25, 0.3) is 0 Å². The zero-order chi connectivity index (χ0) is 12.8. The Morgan fingerprint density at radius 1 is 1.33 bits per heavy atom. The lowest BCUT2D eigenvalue weighted by Crippen LogP contribution is -2.40. The van der Waals surface area contributed by atoms with E-state index in [0.29, 0.717) is 6.04 Å². The van der Waals surface area contributed by atoms with E-state index in [2.05, 4.69) is 11.8 Å². The van der Waals surface area contributed by atoms with Crippen molar-refractivity contribution in [1.82, 2.24) is 4.90 Å². The van der Waals surface area contributed by atoms with Crippen LogP contribution in [0, 0.1) is 0 Å². The highest BCUT2D eigenvalue weighted by atomic mass is 16.5. The van der Waals surface area contributed by atoms with Crippen molar-refractivity contribution in [1.29, 1.82) is 0 Å². The number of rotatable bonds is 5. The lowest BCUT2D eigenvalue weighted by Gasteiger charge is -2.34. The highest BCUT2D eigenvalue weighted by molar-refractivity contribution is 5.51. The van der Waals surface area contributed by atoms with Crippen LogP contribution in [0.4, 0.5) is 5.69 Å². The summed E-state index contributed by atoms with van der Waals surface area (Å²) in [5.74, 6) is 0.816. The van der Waals surface area contributed by atoms with E-state index < -0.39 is 0 Å². The zero-order valence-electron chi connectivity index (χ0n) is 11.3. The number of nitrogen functional groups attached to an aromatic ring is 1. The minimum absolute atomic E-state index is 0.689. The first-order valence-corrected chi connectivity index (χ1v) is 7.02. The van der Waals surface area contributed by atoms with Gasteiger partial charge in [0.1, 0.15) is 5.75 Å². The molecule has 100 valence electrons. The minimum atomic E-state index is 0.689. The van der Waals surface area contributed by atoms with Gasteiger partial charge < -0.3 is 15.4 Å². The summed E-state index contributed by atoms with van der Waals surface area (Å²) in [7, 11) is 0. The fourth-order valence-corrected chi connectivity index (χ4v) is 2.72. The third-order valence-electron chi connectivity index (χ3n) is 3.78. The molecular formula is C15H24N2O. The van der Waals surface area contributed by atoms with Gasteiger partial charge in [-0.15, -0.1) is 0 Å². The largest absolute Gasteiger partial charge is 0.491 e. The van der Waals surface area contributed by atoms with Crippen LogP contribution in [0.1, 0.15) is 32.6 Å². The van der Waals surface area contributed by atoms with Gasteiger partial charge in [-0.3, -0.25) is 0 Å². The summed E-state index contributed by atoms with van der Waals surface area (Å²) in [4.78, 5) is 2.57. The van der Waals surface area contributed by atoms with Gasteiger partial charge in [-0.05, 0) is 44.5 Å². The monoisotopic (exact) mass is 248 g/mol. The van der Waals surface area contributed by atoms with Gasteiger partial charge in [0, 0.05) is 6.04 Å². The Labute approximate surface area is 110 Å². The van der Waals surface area contributed by atoms with Crippen LogP contribution in [0.2, 0.25) is 0 Å². The smallest absolute Gasteiger partial charge is 0.142 e. The number of hydrogen-bond donors (Lipinski definition) is 1. The fourth-order valence-electron chi connectivity index (χ4n) is 2.72. The van der Waals surface area contributed by atoms with Crippen molar-refractivity contribution in [2.45, 2.75) is 38.6 Å². The van der Waals surface area contributed by atoms with Gasteiger partial charge in [0.15, 0.2) is 0 Å². The first-order chi connectivity index (χ1) is 8.81. The van der Waals surface area contributed by atoms with Crippen molar-refractivity contribution >= 4 is 5.69 Å². The number of ether oxygens (including phenoxy) is 1. The molecule has 0 radical (unpaired) electrons. The molecule has 0 spiro atoms. The molecule has 0 saturated carbocycles. The molecule has 1 saturated heterocycles. The second-order valence-electron chi connectivity index (χ2n) is 4.95. The highest BCUT2D eigenvalue weighted by Gasteiger charge is 2.20. The normalized spacial score (nSPS) is 20.8. The van der Waals surface area contributed by atoms with Gasteiger partial charge in [0.2, 0.25) is 0 Å². The van der Waals surface area contributed by atoms with Crippen molar-refractivity contribution in [2.75, 3.05) is 25.4 Å². The summed E-state index contributed by atoms with van der Waals surface area (Å²) >= 11 is 0. The summed E-state index contributed by atoms with van der Waals surface area (Å²) in [6, 6.07) is 8.41. The molecule has 1 atom stereocenters. The molecule has 1 fully saturated rings. The summed E-state index contributed by atoms with van der Waals surface area (Å²) in [5, 5.41) is 0. The van der Waals surface area contributed by atoms with E-state index in [0.717, 1.165) is 31.0 Å². The number of likely N-dealkylation sites (tertiary alicyclic amines) is 1. The Morgan fingerprint density at radius 3 is 2.94 bits per heavy atom. The Kier molecular flexibility index (Phi) is 4.88. The third-order valence-corrected chi connectivity index (χ3v) is 3.78. The van der Waals surface area contributed by atoms with Crippen molar-refractivity contribution < 1.29 is 4.74 Å². The number of benzene rings is 1. The number of para-hydroxylation sites is 2. The third kappa shape index (κ3) is 3.39. The first kappa shape index (κ1) is 13.2. The van der Waals surface area contributed by atoms with Crippen molar-refractivity contribution in [3.8, 4) is 5.75 Å². The molecule has 3 nitrogen and oxygen atoms in total. The molecule has 2 N–H and O–H groups in total. The maximum Gasteiger partial charge on any atom is 0.142 e. The van der Waals surface area contributed by atoms with Gasteiger partial charge in [0.05, 0.1) is 12.3 Å². The molecule has 0 unspecified atom stereocenters. The van der Waals surface area contributed by atoms with E-state index >= 15 is 0 Å². The van der Waals surface area contributed by atoms with Gasteiger partial charge in [0.25, 0.3) is 0 Å². The summed E-state index contributed by atoms with van der Waals surface area (Å²) in [6.45, 7) is 5.40. The van der Waals surface area contributed by atoms with Crippen LogP contribution >= 0.6 is 0 Å². The van der Waals surface area contributed by atoms with E-state index in [1.807, 2.05) is 24.3 Å². The molecule has 0 amide bonds. The Bertz CT molecular complexity index is 367. The minimum Gasteiger partial charge on any atom is -0.491 e. The summed E-state index contributed by atoms with van der Waals surface area (Å²) in [5.41, 5.74) is 6.59. The van der Waals surface area contributed by atoms with E-state index in [1.165, 1.54) is 25.8 Å². The molecule has 0 aliphatic carbocycles. The van der Waals surface area contributed by atoms with Crippen LogP contribution in [-0.4, -0.2) is 30.6 Å². The maximum atomic E-state index is 5.86. The number of hydrogen-bond acceptors (Lipinski definition) is 3. The van der Waals surface area contributed by atoms with E-state index in [-0.39, 0.29) is 0 Å². The quantitative estimate of drug-likeness (QED) is 0.814. The molecule has 0 bridgehead atoms. The molecule has 1 aromatic carbocycles. The number of nitrogens with two attached hydrogens (primary N) is 1. The molecule has 1 aromatic rings. The van der Waals surface area contributed by atoms with Crippen LogP contribution in [0.15, 0.2) is 24.3 Å². The molecule has 1 aliphatic rings. The molecule has 1 aliphatic heterocycles. The molecule has 2 rings (SSSR count). The summed E-state index contributed by atoms with van der Waals surface area (Å²) < 4.78 is 5.78. The van der Waals surface area contributed by atoms with Crippen molar-refractivity contribution in [3.63, 3.8) is 0 Å². The fraction of sp³-hybridized carbons (Fsp3) is 0.600. The highest BCUT2D eigenvalue weighted by Crippen LogP contribution is 2.22. The molecule has 18 heavy (non-hydrogen) atoms. The van der Waals surface area contributed by atoms with Gasteiger partial charge in [-0.2, -0.15) is 0 Å². The van der Waals surface area contributed by atoms with Crippen LogP contribution in [-0.2, 0) is 0 Å². The predicted octanol–water partition coefficient (Wildman–Crippen LogP) is 2.91. The van der Waals surface area contributed by atoms with E-state index in [4.69, 9.17) is 10.5 Å². The van der Waals surface area contributed by atoms with Gasteiger partial charge in [-0.25, -0.2) is 0 Å². The predicted molar refractivity (Wildman–Crippen MR) is 75.9 cm³/mol. The Balaban J connectivity index is 1.79. The topological polar surface area (TPSA) is 38.5 Å². The number of anilines is 1. The van der Waals surface area contributed by atoms with Crippen LogP contribution in [0.3, 0.4) is 0 Å². The van der Waals surface area contributed by atoms with E-state index in [9.17, 15) is 0 Å². The molecule has 3 heteroatoms. The second kappa shape index (κ2) is 6.64. The lowest BCUT2D eigenvalue weighted by atomic mass is 10.00. The zero-order valence-corrected chi connectivity index (χ0v) is 11.3. The number of piperidine rings is 1. The van der Waals surface area contributed by atoms with Crippen molar-refractivity contribution in [2.24, 2.45) is 0 Å². The number of nitrogens with zero attached hydrogens (tertiary/aromatic N) is 1. The molecule has 1 heterocycles. The second-order valence-corrected chi connectivity index (χ2v) is 4.95. The molecular weight excluding hydrogens is 224 g/mol. The Morgan fingerprint density at radius 2 is 2.17 bits per heavy atom. The average molecular weight is 248 g/mol. The maximum absolute atomic E-state index is 5.86.